The summed E-state index contributed by atoms with van der Waals surface area (Å²) in [5, 5.41) is 26.8. The topological polar surface area (TPSA) is 119 Å². The molecule has 7 heteroatoms. The number of allylic oxidation sites excluding steroid dienone is 1. The molecule has 0 saturated carbocycles. The van der Waals surface area contributed by atoms with E-state index in [1.165, 1.54) is 34.7 Å². The quantitative estimate of drug-likeness (QED) is 0.308. The number of nitrogens with zero attached hydrogens (tertiary/aromatic N) is 3. The fourth-order valence-corrected chi connectivity index (χ4v) is 6.02. The second-order valence-electron chi connectivity index (χ2n) is 10.8. The Kier molecular flexibility index (Phi) is 8.59. The van der Waals surface area contributed by atoms with E-state index in [-0.39, 0.29) is 12.6 Å². The third-order valence-electron chi connectivity index (χ3n) is 8.49. The van der Waals surface area contributed by atoms with E-state index in [2.05, 4.69) is 28.1 Å². The van der Waals surface area contributed by atoms with Crippen LogP contribution in [-0.2, 0) is 38.8 Å². The molecule has 2 aliphatic rings. The summed E-state index contributed by atoms with van der Waals surface area (Å²) in [6.07, 6.45) is 12.0. The van der Waals surface area contributed by atoms with Gasteiger partial charge in [0.05, 0.1) is 12.2 Å². The Morgan fingerprint density at radius 1 is 1.23 bits per heavy atom. The zero-order valence-electron chi connectivity index (χ0n) is 23.1. The van der Waals surface area contributed by atoms with Crippen LogP contribution in [0.5, 0.6) is 5.75 Å². The van der Waals surface area contributed by atoms with Gasteiger partial charge in [-0.2, -0.15) is 5.26 Å². The number of aliphatic hydroxyl groups is 1. The third kappa shape index (κ3) is 5.65. The molecule has 1 atom stereocenters. The second-order valence-corrected chi connectivity index (χ2v) is 10.8. The van der Waals surface area contributed by atoms with Gasteiger partial charge in [0.15, 0.2) is 0 Å². The van der Waals surface area contributed by atoms with Gasteiger partial charge in [0.1, 0.15) is 18.4 Å². The number of likely N-dealkylation sites (tertiary alicyclic amines) is 1. The average Bonchev–Trinajstić information content (AvgIpc) is 3.46. The van der Waals surface area contributed by atoms with Gasteiger partial charge in [-0.3, -0.25) is 9.88 Å². The summed E-state index contributed by atoms with van der Waals surface area (Å²) in [5.74, 6) is 0.948. The van der Waals surface area contributed by atoms with E-state index in [0.717, 1.165) is 79.6 Å². The molecule has 1 unspecified atom stereocenters. The highest BCUT2D eigenvalue weighted by molar-refractivity contribution is 6.08. The number of hydrogen-bond donors (Lipinski definition) is 3. The van der Waals surface area contributed by atoms with Crippen LogP contribution in [0.3, 0.4) is 0 Å². The Morgan fingerprint density at radius 3 is 2.80 bits per heavy atom. The smallest absolute Gasteiger partial charge is 0.123 e. The van der Waals surface area contributed by atoms with Crippen LogP contribution in [0.2, 0.25) is 0 Å². The number of aliphatic hydroxyl groups excluding tert-OH is 1. The zero-order valence-corrected chi connectivity index (χ0v) is 23.1. The summed E-state index contributed by atoms with van der Waals surface area (Å²) < 4.78 is 6.57. The van der Waals surface area contributed by atoms with Gasteiger partial charge in [-0.05, 0) is 102 Å². The highest BCUT2D eigenvalue weighted by atomic mass is 16.5. The molecule has 3 aromatic rings. The number of fused-ring (bicyclic) bond motifs is 1. The largest absolute Gasteiger partial charge is 0.489 e. The molecule has 7 nitrogen and oxygen atoms in total. The fourth-order valence-electron chi connectivity index (χ4n) is 6.02. The van der Waals surface area contributed by atoms with Crippen molar-refractivity contribution in [3.8, 4) is 11.8 Å². The first-order chi connectivity index (χ1) is 19.6. The SMILES string of the molecule is Cc1c(COc2cc(CCc3cncc(C#N)c3)c(CN3CCC3CO)c3c2CCC3)cccc1/C(C=N)=C/N. The second kappa shape index (κ2) is 12.5. The lowest BCUT2D eigenvalue weighted by Gasteiger charge is -2.40. The molecule has 1 saturated heterocycles. The van der Waals surface area contributed by atoms with Gasteiger partial charge in [-0.1, -0.05) is 18.2 Å². The average molecular weight is 536 g/mol. The summed E-state index contributed by atoms with van der Waals surface area (Å²) in [6.45, 7) is 4.54. The summed E-state index contributed by atoms with van der Waals surface area (Å²) in [5.41, 5.74) is 16.5. The number of aromatic nitrogens is 1. The minimum Gasteiger partial charge on any atom is -0.489 e. The molecule has 0 spiro atoms. The molecule has 1 aliphatic carbocycles. The molecule has 4 N–H and O–H groups in total. The predicted molar refractivity (Wildman–Crippen MR) is 157 cm³/mol. The first kappa shape index (κ1) is 27.6. The molecule has 0 bridgehead atoms. The standard InChI is InChI=1S/C33H37N5O2/c1-22-26(4-2-5-29(22)27(15-35)16-36)21-40-33-13-25(9-8-23-12-24(14-34)18-37-17-23)32(30-6-3-7-31(30)33)19-38-11-10-28(38)20-39/h2,4-5,12-13,15-18,28,35,39H,3,6-11,19-21,36H2,1H3/b27-16+,35-15?. The van der Waals surface area contributed by atoms with Gasteiger partial charge in [0.2, 0.25) is 0 Å². The fraction of sp³-hybridized carbons (Fsp3) is 0.364. The van der Waals surface area contributed by atoms with E-state index < -0.39 is 0 Å². The van der Waals surface area contributed by atoms with E-state index in [0.29, 0.717) is 17.7 Å². The Morgan fingerprint density at radius 2 is 2.08 bits per heavy atom. The molecular formula is C33H37N5O2. The van der Waals surface area contributed by atoms with Crippen molar-refractivity contribution in [2.24, 2.45) is 5.73 Å². The zero-order chi connectivity index (χ0) is 28.1. The van der Waals surface area contributed by atoms with Crippen molar-refractivity contribution in [1.29, 1.82) is 10.7 Å². The monoisotopic (exact) mass is 535 g/mol. The van der Waals surface area contributed by atoms with Gasteiger partial charge >= 0.3 is 0 Å². The van der Waals surface area contributed by atoms with E-state index >= 15 is 0 Å². The molecule has 1 aliphatic heterocycles. The molecule has 0 radical (unpaired) electrons. The lowest BCUT2D eigenvalue weighted by molar-refractivity contribution is 0.0352. The van der Waals surface area contributed by atoms with Crippen LogP contribution in [0.1, 0.15) is 62.9 Å². The van der Waals surface area contributed by atoms with Crippen molar-refractivity contribution in [2.45, 2.75) is 64.6 Å². The first-order valence-corrected chi connectivity index (χ1v) is 14.1. The van der Waals surface area contributed by atoms with Crippen LogP contribution < -0.4 is 10.5 Å². The highest BCUT2D eigenvalue weighted by Crippen LogP contribution is 2.38. The molecule has 206 valence electrons. The third-order valence-corrected chi connectivity index (χ3v) is 8.49. The van der Waals surface area contributed by atoms with Crippen LogP contribution in [0.25, 0.3) is 5.57 Å². The molecule has 1 aromatic heterocycles. The van der Waals surface area contributed by atoms with Crippen molar-refractivity contribution in [1.82, 2.24) is 9.88 Å². The van der Waals surface area contributed by atoms with Gasteiger partial charge < -0.3 is 21.0 Å². The van der Waals surface area contributed by atoms with Crippen LogP contribution in [0.15, 0.2) is 48.9 Å². The lowest BCUT2D eigenvalue weighted by atomic mass is 9.91. The number of ether oxygens (including phenoxy) is 1. The van der Waals surface area contributed by atoms with Gasteiger partial charge in [-0.15, -0.1) is 0 Å². The molecule has 40 heavy (non-hydrogen) atoms. The Bertz CT molecular complexity index is 1470. The van der Waals surface area contributed by atoms with Crippen molar-refractivity contribution < 1.29 is 9.84 Å². The number of nitrogens with one attached hydrogen (secondary N) is 1. The van der Waals surface area contributed by atoms with E-state index in [4.69, 9.17) is 15.9 Å². The maximum atomic E-state index is 9.81. The lowest BCUT2D eigenvalue weighted by Crippen LogP contribution is -2.49. The van der Waals surface area contributed by atoms with Crippen molar-refractivity contribution >= 4 is 11.8 Å². The van der Waals surface area contributed by atoms with Gasteiger partial charge in [-0.25, -0.2) is 0 Å². The maximum absolute atomic E-state index is 9.81. The maximum Gasteiger partial charge on any atom is 0.123 e. The Labute approximate surface area is 236 Å². The molecule has 2 heterocycles. The van der Waals surface area contributed by atoms with Crippen molar-refractivity contribution in [3.05, 3.63) is 99.0 Å². The highest BCUT2D eigenvalue weighted by Gasteiger charge is 2.30. The van der Waals surface area contributed by atoms with Crippen molar-refractivity contribution in [2.75, 3.05) is 13.2 Å². The minimum atomic E-state index is 0.197. The number of pyridine rings is 1. The molecule has 1 fully saturated rings. The number of aryl methyl sites for hydroxylation is 2. The van der Waals surface area contributed by atoms with E-state index in [1.807, 2.05) is 31.3 Å². The molecular weight excluding hydrogens is 498 g/mol. The Balaban J connectivity index is 1.46. The number of nitriles is 1. The predicted octanol–water partition coefficient (Wildman–Crippen LogP) is 4.63. The number of nitrogens with two attached hydrogens (primary N) is 1. The van der Waals surface area contributed by atoms with Crippen LogP contribution in [0, 0.1) is 23.7 Å². The van der Waals surface area contributed by atoms with Gasteiger partial charge in [0.25, 0.3) is 0 Å². The normalized spacial score (nSPS) is 16.7. The van der Waals surface area contributed by atoms with Crippen LogP contribution >= 0.6 is 0 Å². The first-order valence-electron chi connectivity index (χ1n) is 14.1. The molecule has 2 aromatic carbocycles. The number of benzene rings is 2. The molecule has 0 amide bonds. The summed E-state index contributed by atoms with van der Waals surface area (Å²) in [4.78, 5) is 6.64. The van der Waals surface area contributed by atoms with E-state index in [1.54, 1.807) is 6.20 Å². The van der Waals surface area contributed by atoms with Gasteiger partial charge in [0, 0.05) is 49.5 Å². The van der Waals surface area contributed by atoms with E-state index in [9.17, 15) is 10.4 Å². The summed E-state index contributed by atoms with van der Waals surface area (Å²) >= 11 is 0. The Hall–Kier alpha value is -3.99. The summed E-state index contributed by atoms with van der Waals surface area (Å²) in [6, 6.07) is 12.6. The minimum absolute atomic E-state index is 0.197. The molecule has 5 rings (SSSR count). The number of rotatable bonds is 11. The number of hydrogen-bond acceptors (Lipinski definition) is 7. The van der Waals surface area contributed by atoms with Crippen LogP contribution in [-0.4, -0.2) is 40.4 Å². The van der Waals surface area contributed by atoms with Crippen molar-refractivity contribution in [3.63, 3.8) is 0 Å². The summed E-state index contributed by atoms with van der Waals surface area (Å²) in [7, 11) is 0. The van der Waals surface area contributed by atoms with Crippen LogP contribution in [0.4, 0.5) is 0 Å².